The lowest BCUT2D eigenvalue weighted by molar-refractivity contribution is 0.592. The summed E-state index contributed by atoms with van der Waals surface area (Å²) < 4.78 is 22.6. The van der Waals surface area contributed by atoms with Crippen LogP contribution in [0.2, 0.25) is 0 Å². The fourth-order valence-corrected chi connectivity index (χ4v) is 2.72. The van der Waals surface area contributed by atoms with Crippen LogP contribution in [0.4, 0.5) is 0 Å². The first kappa shape index (κ1) is 13.6. The third kappa shape index (κ3) is 4.10. The Bertz CT molecular complexity index is 492. The molecule has 0 atom stereocenters. The van der Waals surface area contributed by atoms with Crippen molar-refractivity contribution in [3.63, 3.8) is 0 Å². The molecule has 1 saturated carbocycles. The van der Waals surface area contributed by atoms with Gasteiger partial charge in [-0.1, -0.05) is 31.2 Å². The molecule has 0 saturated heterocycles. The maximum atomic E-state index is 11.3. The van der Waals surface area contributed by atoms with Gasteiger partial charge in [0.25, 0.3) is 0 Å². The minimum absolute atomic E-state index is 0.228. The van der Waals surface area contributed by atoms with E-state index in [9.17, 15) is 8.42 Å². The molecular formula is C14H21NO2S. The van der Waals surface area contributed by atoms with Crippen molar-refractivity contribution in [1.29, 1.82) is 0 Å². The zero-order valence-electron chi connectivity index (χ0n) is 10.9. The molecule has 4 heteroatoms. The molecule has 1 aliphatic rings. The van der Waals surface area contributed by atoms with Crippen molar-refractivity contribution >= 4 is 9.84 Å². The molecule has 0 heterocycles. The van der Waals surface area contributed by atoms with Crippen LogP contribution in [0.3, 0.4) is 0 Å². The minimum Gasteiger partial charge on any atom is -0.312 e. The first-order valence-electron chi connectivity index (χ1n) is 6.60. The minimum atomic E-state index is -2.85. The summed E-state index contributed by atoms with van der Waals surface area (Å²) in [7, 11) is -2.85. The van der Waals surface area contributed by atoms with Gasteiger partial charge in [-0.15, -0.1) is 0 Å². The first-order chi connectivity index (χ1) is 8.61. The molecule has 18 heavy (non-hydrogen) atoms. The predicted molar refractivity (Wildman–Crippen MR) is 74.5 cm³/mol. The number of hydrogen-bond acceptors (Lipinski definition) is 3. The van der Waals surface area contributed by atoms with Crippen molar-refractivity contribution in [2.24, 2.45) is 0 Å². The van der Waals surface area contributed by atoms with Gasteiger partial charge < -0.3 is 5.32 Å². The molecule has 1 aromatic carbocycles. The van der Waals surface area contributed by atoms with E-state index in [-0.39, 0.29) is 11.5 Å². The van der Waals surface area contributed by atoms with Gasteiger partial charge >= 0.3 is 0 Å². The van der Waals surface area contributed by atoms with Gasteiger partial charge in [-0.3, -0.25) is 0 Å². The second-order valence-electron chi connectivity index (χ2n) is 4.93. The zero-order valence-corrected chi connectivity index (χ0v) is 11.7. The van der Waals surface area contributed by atoms with E-state index in [1.165, 1.54) is 24.0 Å². The maximum Gasteiger partial charge on any atom is 0.151 e. The molecule has 0 aliphatic heterocycles. The Hall–Kier alpha value is -0.870. The monoisotopic (exact) mass is 267 g/mol. The zero-order chi connectivity index (χ0) is 13.0. The fourth-order valence-electron chi connectivity index (χ4n) is 1.98. The van der Waals surface area contributed by atoms with E-state index in [4.69, 9.17) is 0 Å². The van der Waals surface area contributed by atoms with Gasteiger partial charge in [0.1, 0.15) is 0 Å². The molecule has 0 amide bonds. The van der Waals surface area contributed by atoms with Crippen LogP contribution < -0.4 is 5.32 Å². The summed E-state index contributed by atoms with van der Waals surface area (Å²) in [5.41, 5.74) is 2.67. The lowest BCUT2D eigenvalue weighted by atomic mass is 10.1. The van der Waals surface area contributed by atoms with E-state index in [1.807, 2.05) is 0 Å². The molecule has 3 nitrogen and oxygen atoms in total. The summed E-state index contributed by atoms with van der Waals surface area (Å²) in [5.74, 6) is 1.22. The second kappa shape index (κ2) is 5.85. The molecule has 2 rings (SSSR count). The smallest absolute Gasteiger partial charge is 0.151 e. The highest BCUT2D eigenvalue weighted by atomic mass is 32.2. The summed E-state index contributed by atoms with van der Waals surface area (Å²) in [5, 5.41) is 3.20. The van der Waals surface area contributed by atoms with Crippen LogP contribution in [-0.2, 0) is 16.4 Å². The maximum absolute atomic E-state index is 11.3. The van der Waals surface area contributed by atoms with Gasteiger partial charge in [0, 0.05) is 18.8 Å². The topological polar surface area (TPSA) is 46.2 Å². The first-order valence-corrected chi connectivity index (χ1v) is 8.43. The van der Waals surface area contributed by atoms with Crippen LogP contribution in [0.25, 0.3) is 0 Å². The SMILES string of the molecule is CCS(=O)(=O)CCNCc1cccc(C2CC2)c1. The van der Waals surface area contributed by atoms with E-state index in [0.717, 1.165) is 12.5 Å². The quantitative estimate of drug-likeness (QED) is 0.769. The van der Waals surface area contributed by atoms with Gasteiger partial charge in [0.2, 0.25) is 0 Å². The molecule has 1 aliphatic carbocycles. The highest BCUT2D eigenvalue weighted by Gasteiger charge is 2.23. The summed E-state index contributed by atoms with van der Waals surface area (Å²) >= 11 is 0. The highest BCUT2D eigenvalue weighted by molar-refractivity contribution is 7.91. The van der Waals surface area contributed by atoms with Crippen LogP contribution in [0.5, 0.6) is 0 Å². The van der Waals surface area contributed by atoms with E-state index in [2.05, 4.69) is 29.6 Å². The Labute approximate surface area is 110 Å². The molecule has 0 aromatic heterocycles. The average Bonchev–Trinajstić information content (AvgIpc) is 3.19. The Balaban J connectivity index is 1.78. The normalized spacial score (nSPS) is 15.8. The molecule has 0 unspecified atom stereocenters. The van der Waals surface area contributed by atoms with E-state index in [1.54, 1.807) is 6.92 Å². The van der Waals surface area contributed by atoms with Crippen LogP contribution in [0, 0.1) is 0 Å². The lowest BCUT2D eigenvalue weighted by Crippen LogP contribution is -2.23. The molecular weight excluding hydrogens is 246 g/mol. The molecule has 1 N–H and O–H groups in total. The van der Waals surface area contributed by atoms with E-state index >= 15 is 0 Å². The Morgan fingerprint density at radius 2 is 2.11 bits per heavy atom. The van der Waals surface area contributed by atoms with Gasteiger partial charge in [0.05, 0.1) is 5.75 Å². The van der Waals surface area contributed by atoms with E-state index in [0.29, 0.717) is 6.54 Å². The molecule has 0 bridgehead atoms. The largest absolute Gasteiger partial charge is 0.312 e. The van der Waals surface area contributed by atoms with Crippen LogP contribution in [-0.4, -0.2) is 26.5 Å². The standard InChI is InChI=1S/C14H21NO2S/c1-2-18(16,17)9-8-15-11-12-4-3-5-14(10-12)13-6-7-13/h3-5,10,13,15H,2,6-9,11H2,1H3. The number of nitrogens with one attached hydrogen (secondary N) is 1. The predicted octanol–water partition coefficient (Wildman–Crippen LogP) is 2.09. The number of sulfone groups is 1. The molecule has 1 aromatic rings. The Morgan fingerprint density at radius 1 is 1.33 bits per heavy atom. The van der Waals surface area contributed by atoms with Crippen molar-refractivity contribution in [2.75, 3.05) is 18.1 Å². The van der Waals surface area contributed by atoms with Crippen molar-refractivity contribution in [3.05, 3.63) is 35.4 Å². The summed E-state index contributed by atoms with van der Waals surface area (Å²) in [6.45, 7) is 2.97. The van der Waals surface area contributed by atoms with Gasteiger partial charge in [-0.05, 0) is 29.9 Å². The molecule has 0 spiro atoms. The molecule has 100 valence electrons. The number of benzene rings is 1. The number of hydrogen-bond donors (Lipinski definition) is 1. The third-order valence-corrected chi connectivity index (χ3v) is 5.06. The highest BCUT2D eigenvalue weighted by Crippen LogP contribution is 2.40. The second-order valence-corrected chi connectivity index (χ2v) is 7.41. The van der Waals surface area contributed by atoms with Crippen LogP contribution in [0.1, 0.15) is 36.8 Å². The summed E-state index contributed by atoms with van der Waals surface area (Å²) in [6.07, 6.45) is 2.62. The Morgan fingerprint density at radius 3 is 2.78 bits per heavy atom. The van der Waals surface area contributed by atoms with Gasteiger partial charge in [-0.25, -0.2) is 8.42 Å². The molecule has 0 radical (unpaired) electrons. The summed E-state index contributed by atoms with van der Waals surface area (Å²) in [6, 6.07) is 8.60. The van der Waals surface area contributed by atoms with Crippen LogP contribution >= 0.6 is 0 Å². The number of rotatable bonds is 7. The van der Waals surface area contributed by atoms with Gasteiger partial charge in [-0.2, -0.15) is 0 Å². The third-order valence-electron chi connectivity index (χ3n) is 3.36. The van der Waals surface area contributed by atoms with E-state index < -0.39 is 9.84 Å². The van der Waals surface area contributed by atoms with Crippen molar-refractivity contribution < 1.29 is 8.42 Å². The van der Waals surface area contributed by atoms with Crippen molar-refractivity contribution in [3.8, 4) is 0 Å². The van der Waals surface area contributed by atoms with Crippen LogP contribution in [0.15, 0.2) is 24.3 Å². The molecule has 1 fully saturated rings. The van der Waals surface area contributed by atoms with Crippen molar-refractivity contribution in [1.82, 2.24) is 5.32 Å². The fraction of sp³-hybridized carbons (Fsp3) is 0.571. The Kier molecular flexibility index (Phi) is 4.40. The van der Waals surface area contributed by atoms with Crippen molar-refractivity contribution in [2.45, 2.75) is 32.2 Å². The summed E-state index contributed by atoms with van der Waals surface area (Å²) in [4.78, 5) is 0. The average molecular weight is 267 g/mol. The van der Waals surface area contributed by atoms with Gasteiger partial charge in [0.15, 0.2) is 9.84 Å². The lowest BCUT2D eigenvalue weighted by Gasteiger charge is -2.06.